The minimum absolute atomic E-state index is 0.0799. The summed E-state index contributed by atoms with van der Waals surface area (Å²) in [6, 6.07) is 13.5. The molecule has 0 amide bonds. The van der Waals surface area contributed by atoms with Gasteiger partial charge in [-0.05, 0) is 35.9 Å². The molecule has 4 rings (SSSR count). The van der Waals surface area contributed by atoms with E-state index in [9.17, 15) is 8.42 Å². The number of fused-ring (bicyclic) bond motifs is 1. The summed E-state index contributed by atoms with van der Waals surface area (Å²) in [7, 11) is -2.28. The fourth-order valence-corrected chi connectivity index (χ4v) is 3.81. The second kappa shape index (κ2) is 6.76. The molecule has 4 aromatic rings. The number of aromatic nitrogens is 3. The van der Waals surface area contributed by atoms with Crippen LogP contribution in [-0.2, 0) is 16.6 Å². The molecule has 2 aromatic carbocycles. The smallest absolute Gasteiger partial charge is 0.263 e. The van der Waals surface area contributed by atoms with Crippen LogP contribution < -0.4 is 9.46 Å². The van der Waals surface area contributed by atoms with E-state index in [1.165, 1.54) is 19.2 Å². The third-order valence-electron chi connectivity index (χ3n) is 4.01. The van der Waals surface area contributed by atoms with Crippen molar-refractivity contribution in [2.24, 2.45) is 0 Å². The predicted octanol–water partition coefficient (Wildman–Crippen LogP) is 2.88. The molecule has 0 saturated heterocycles. The number of hydrogen-bond donors (Lipinski definition) is 1. The van der Waals surface area contributed by atoms with E-state index in [0.717, 1.165) is 5.56 Å². The molecule has 0 saturated carbocycles. The zero-order chi connectivity index (χ0) is 18.9. The Bertz CT molecular complexity index is 1170. The number of nitrogens with zero attached hydrogens (tertiary/aromatic N) is 3. The zero-order valence-corrected chi connectivity index (χ0v) is 15.2. The lowest BCUT2D eigenvalue weighted by atomic mass is 10.1. The summed E-state index contributed by atoms with van der Waals surface area (Å²) in [5.41, 5.74) is 1.30. The lowest BCUT2D eigenvalue weighted by Gasteiger charge is -2.08. The first-order valence-electron chi connectivity index (χ1n) is 8.08. The maximum Gasteiger partial charge on any atom is 0.263 e. The second-order valence-electron chi connectivity index (χ2n) is 5.82. The van der Waals surface area contributed by atoms with E-state index in [4.69, 9.17) is 9.26 Å². The van der Waals surface area contributed by atoms with Crippen LogP contribution in [0.3, 0.4) is 0 Å². The van der Waals surface area contributed by atoms with Crippen LogP contribution in [0.4, 0.5) is 5.82 Å². The lowest BCUT2D eigenvalue weighted by Crippen LogP contribution is -2.13. The summed E-state index contributed by atoms with van der Waals surface area (Å²) in [5, 5.41) is 8.52. The van der Waals surface area contributed by atoms with Crippen molar-refractivity contribution in [1.82, 2.24) is 14.9 Å². The Labute approximate surface area is 155 Å². The Morgan fingerprint density at radius 2 is 2.00 bits per heavy atom. The molecule has 9 heteroatoms. The predicted molar refractivity (Wildman–Crippen MR) is 99.1 cm³/mol. The molecule has 0 fully saturated rings. The molecule has 0 spiro atoms. The van der Waals surface area contributed by atoms with Crippen LogP contribution in [0.15, 0.2) is 70.3 Å². The Kier molecular flexibility index (Phi) is 4.28. The highest BCUT2D eigenvalue weighted by atomic mass is 32.2. The van der Waals surface area contributed by atoms with E-state index in [1.807, 2.05) is 18.3 Å². The van der Waals surface area contributed by atoms with Crippen molar-refractivity contribution in [1.29, 1.82) is 0 Å². The van der Waals surface area contributed by atoms with Gasteiger partial charge in [0.1, 0.15) is 11.1 Å². The fourth-order valence-electron chi connectivity index (χ4n) is 2.78. The topological polar surface area (TPSA) is 99.2 Å². The Balaban J connectivity index is 1.72. The molecule has 138 valence electrons. The Hall–Kier alpha value is -3.33. The molecule has 0 unspecified atom stereocenters. The van der Waals surface area contributed by atoms with Crippen molar-refractivity contribution < 1.29 is 17.7 Å². The van der Waals surface area contributed by atoms with Gasteiger partial charge in [-0.15, -0.1) is 0 Å². The van der Waals surface area contributed by atoms with Crippen LogP contribution >= 0.6 is 0 Å². The molecule has 8 nitrogen and oxygen atoms in total. The third-order valence-corrected chi connectivity index (χ3v) is 5.36. The van der Waals surface area contributed by atoms with Gasteiger partial charge in [-0.2, -0.15) is 5.10 Å². The Morgan fingerprint density at radius 3 is 2.70 bits per heavy atom. The highest BCUT2D eigenvalue weighted by molar-refractivity contribution is 7.92. The van der Waals surface area contributed by atoms with Gasteiger partial charge in [-0.1, -0.05) is 23.4 Å². The normalized spacial score (nSPS) is 11.6. The van der Waals surface area contributed by atoms with Crippen molar-refractivity contribution >= 4 is 26.8 Å². The number of ether oxygens (including phenoxy) is 1. The maximum atomic E-state index is 12.6. The van der Waals surface area contributed by atoms with Gasteiger partial charge in [-0.3, -0.25) is 9.40 Å². The highest BCUT2D eigenvalue weighted by Gasteiger charge is 2.21. The van der Waals surface area contributed by atoms with Gasteiger partial charge in [-0.25, -0.2) is 8.42 Å². The molecule has 0 bridgehead atoms. The van der Waals surface area contributed by atoms with Crippen LogP contribution in [0.25, 0.3) is 11.0 Å². The van der Waals surface area contributed by atoms with Crippen molar-refractivity contribution in [2.75, 3.05) is 11.8 Å². The zero-order valence-electron chi connectivity index (χ0n) is 14.4. The van der Waals surface area contributed by atoms with Gasteiger partial charge >= 0.3 is 0 Å². The second-order valence-corrected chi connectivity index (χ2v) is 7.51. The monoisotopic (exact) mass is 384 g/mol. The minimum Gasteiger partial charge on any atom is -0.496 e. The molecule has 0 aliphatic carbocycles. The maximum absolute atomic E-state index is 12.6. The van der Waals surface area contributed by atoms with E-state index >= 15 is 0 Å². The van der Waals surface area contributed by atoms with Gasteiger partial charge < -0.3 is 9.26 Å². The number of rotatable bonds is 6. The molecule has 0 aliphatic heterocycles. The quantitative estimate of drug-likeness (QED) is 0.549. The average Bonchev–Trinajstić information content (AvgIpc) is 3.32. The van der Waals surface area contributed by atoms with Crippen LogP contribution in [-0.4, -0.2) is 30.5 Å². The van der Waals surface area contributed by atoms with Gasteiger partial charge in [0.05, 0.1) is 18.6 Å². The molecule has 2 aromatic heterocycles. The molecule has 0 atom stereocenters. The fraction of sp³-hybridized carbons (Fsp3) is 0.111. The van der Waals surface area contributed by atoms with E-state index in [0.29, 0.717) is 23.3 Å². The van der Waals surface area contributed by atoms with Crippen molar-refractivity contribution in [3.05, 3.63) is 66.5 Å². The number of nitrogens with one attached hydrogen (secondary N) is 1. The van der Waals surface area contributed by atoms with Crippen molar-refractivity contribution in [3.8, 4) is 5.75 Å². The molecule has 0 radical (unpaired) electrons. The first-order chi connectivity index (χ1) is 13.1. The highest BCUT2D eigenvalue weighted by Crippen LogP contribution is 2.34. The summed E-state index contributed by atoms with van der Waals surface area (Å²) in [6.45, 7) is 0.519. The van der Waals surface area contributed by atoms with Crippen LogP contribution in [0.2, 0.25) is 0 Å². The van der Waals surface area contributed by atoms with E-state index in [1.54, 1.807) is 35.1 Å². The summed E-state index contributed by atoms with van der Waals surface area (Å²) in [5.74, 6) is 0.540. The SMILES string of the molecule is COc1cc(Cn2cccn2)cc2onc(NS(=O)(=O)c3ccccc3)c12. The summed E-state index contributed by atoms with van der Waals surface area (Å²) in [4.78, 5) is 0.135. The molecule has 27 heavy (non-hydrogen) atoms. The Morgan fingerprint density at radius 1 is 1.19 bits per heavy atom. The number of hydrogen-bond acceptors (Lipinski definition) is 6. The summed E-state index contributed by atoms with van der Waals surface area (Å²) in [6.07, 6.45) is 3.54. The molecular weight excluding hydrogens is 368 g/mol. The summed E-state index contributed by atoms with van der Waals surface area (Å²) < 4.78 is 40.2. The van der Waals surface area contributed by atoms with Crippen LogP contribution in [0, 0.1) is 0 Å². The molecule has 1 N–H and O–H groups in total. The van der Waals surface area contributed by atoms with Crippen molar-refractivity contribution in [3.63, 3.8) is 0 Å². The van der Waals surface area contributed by atoms with Gasteiger partial charge in [0.25, 0.3) is 10.0 Å². The van der Waals surface area contributed by atoms with Crippen molar-refractivity contribution in [2.45, 2.75) is 11.4 Å². The largest absolute Gasteiger partial charge is 0.496 e. The molecule has 0 aliphatic rings. The van der Waals surface area contributed by atoms with E-state index in [2.05, 4.69) is 15.0 Å². The third kappa shape index (κ3) is 3.36. The standard InChI is InChI=1S/C18H16N4O4S/c1-25-15-10-13(12-22-9-5-8-19-22)11-16-17(15)18(20-26-16)21-27(23,24)14-6-3-2-4-7-14/h2-11H,12H2,1H3,(H,20,21). The van der Waals surface area contributed by atoms with Crippen LogP contribution in [0.1, 0.15) is 5.56 Å². The van der Waals surface area contributed by atoms with Crippen LogP contribution in [0.5, 0.6) is 5.75 Å². The molecular formula is C18H16N4O4S. The van der Waals surface area contributed by atoms with E-state index in [-0.39, 0.29) is 10.7 Å². The minimum atomic E-state index is -3.79. The number of anilines is 1. The lowest BCUT2D eigenvalue weighted by molar-refractivity contribution is 0.418. The van der Waals surface area contributed by atoms with Gasteiger partial charge in [0.2, 0.25) is 0 Å². The van der Waals surface area contributed by atoms with Gasteiger partial charge in [0.15, 0.2) is 11.4 Å². The number of sulfonamides is 1. The first-order valence-corrected chi connectivity index (χ1v) is 9.57. The summed E-state index contributed by atoms with van der Waals surface area (Å²) >= 11 is 0. The number of benzene rings is 2. The van der Waals surface area contributed by atoms with Gasteiger partial charge in [0, 0.05) is 12.4 Å². The average molecular weight is 384 g/mol. The molecule has 2 heterocycles. The van der Waals surface area contributed by atoms with E-state index < -0.39 is 10.0 Å². The first kappa shape index (κ1) is 17.1. The number of methoxy groups -OCH3 is 1.